The second-order valence-electron chi connectivity index (χ2n) is 6.67. The Bertz CT molecular complexity index is 843. The van der Waals surface area contributed by atoms with Crippen LogP contribution in [-0.4, -0.2) is 57.2 Å². The van der Waals surface area contributed by atoms with Crippen molar-refractivity contribution in [3.63, 3.8) is 0 Å². The zero-order valence-electron chi connectivity index (χ0n) is 17.2. The number of phenolic OH excluding ortho intramolecular Hbond substituents is 2. The fourth-order valence-electron chi connectivity index (χ4n) is 2.57. The zero-order chi connectivity index (χ0) is 23.4. The number of aromatic hydroxyl groups is 2. The SMILES string of the molecule is COc1ccc(C[C@@H](C)NC[C@H](O)c2cc(O)cc(O)c2)cc1.O=C(O)/C=C/C(=O)O. The highest BCUT2D eigenvalue weighted by Gasteiger charge is 2.12. The summed E-state index contributed by atoms with van der Waals surface area (Å²) in [6.45, 7) is 2.37. The largest absolute Gasteiger partial charge is 0.508 e. The Morgan fingerprint density at radius 2 is 1.52 bits per heavy atom. The van der Waals surface area contributed by atoms with Gasteiger partial charge in [0.05, 0.1) is 13.2 Å². The molecule has 0 aliphatic rings. The van der Waals surface area contributed by atoms with E-state index >= 15 is 0 Å². The van der Waals surface area contributed by atoms with Crippen molar-refractivity contribution in [2.24, 2.45) is 0 Å². The molecule has 9 nitrogen and oxygen atoms in total. The molecule has 0 radical (unpaired) electrons. The predicted molar refractivity (Wildman–Crippen MR) is 113 cm³/mol. The van der Waals surface area contributed by atoms with E-state index in [0.29, 0.717) is 24.3 Å². The van der Waals surface area contributed by atoms with Crippen molar-refractivity contribution in [2.45, 2.75) is 25.5 Å². The Balaban J connectivity index is 0.000000512. The first-order valence-corrected chi connectivity index (χ1v) is 9.32. The van der Waals surface area contributed by atoms with E-state index in [-0.39, 0.29) is 17.5 Å². The van der Waals surface area contributed by atoms with Crippen LogP contribution in [0.4, 0.5) is 0 Å². The van der Waals surface area contributed by atoms with E-state index in [1.165, 1.54) is 23.8 Å². The van der Waals surface area contributed by atoms with Gasteiger partial charge in [-0.15, -0.1) is 0 Å². The molecule has 0 fully saturated rings. The third-order valence-corrected chi connectivity index (χ3v) is 4.04. The number of aliphatic hydroxyl groups is 1. The highest BCUT2D eigenvalue weighted by molar-refractivity contribution is 5.89. The molecule has 6 N–H and O–H groups in total. The topological polar surface area (TPSA) is 157 Å². The number of carboxylic acid groups (broad SMARTS) is 2. The molecule has 0 unspecified atom stereocenters. The van der Waals surface area contributed by atoms with E-state index in [1.54, 1.807) is 7.11 Å². The van der Waals surface area contributed by atoms with Gasteiger partial charge in [-0.25, -0.2) is 9.59 Å². The van der Waals surface area contributed by atoms with Gasteiger partial charge in [0.15, 0.2) is 0 Å². The molecule has 168 valence electrons. The van der Waals surface area contributed by atoms with E-state index in [9.17, 15) is 24.9 Å². The maximum Gasteiger partial charge on any atom is 0.328 e. The van der Waals surface area contributed by atoms with Gasteiger partial charge in [0.2, 0.25) is 0 Å². The van der Waals surface area contributed by atoms with E-state index in [0.717, 1.165) is 12.2 Å². The first-order valence-electron chi connectivity index (χ1n) is 9.32. The summed E-state index contributed by atoms with van der Waals surface area (Å²) in [5.74, 6) is -1.82. The molecule has 2 aromatic carbocycles. The summed E-state index contributed by atoms with van der Waals surface area (Å²) in [6, 6.07) is 12.2. The lowest BCUT2D eigenvalue weighted by molar-refractivity contribution is -0.134. The van der Waals surface area contributed by atoms with Gasteiger partial charge < -0.3 is 35.6 Å². The third-order valence-electron chi connectivity index (χ3n) is 4.04. The van der Waals surface area contributed by atoms with Crippen LogP contribution < -0.4 is 10.1 Å². The van der Waals surface area contributed by atoms with Crippen LogP contribution in [0.25, 0.3) is 0 Å². The lowest BCUT2D eigenvalue weighted by Gasteiger charge is -2.18. The molecule has 0 saturated carbocycles. The quantitative estimate of drug-likeness (QED) is 0.326. The van der Waals surface area contributed by atoms with Gasteiger partial charge in [0.1, 0.15) is 17.2 Å². The Morgan fingerprint density at radius 1 is 1.00 bits per heavy atom. The summed E-state index contributed by atoms with van der Waals surface area (Å²) in [4.78, 5) is 19.1. The van der Waals surface area contributed by atoms with Crippen LogP contribution in [0.5, 0.6) is 17.2 Å². The number of ether oxygens (including phenoxy) is 1. The second-order valence-corrected chi connectivity index (χ2v) is 6.67. The number of phenols is 2. The van der Waals surface area contributed by atoms with E-state index in [2.05, 4.69) is 5.32 Å². The summed E-state index contributed by atoms with van der Waals surface area (Å²) in [7, 11) is 1.64. The molecule has 0 spiro atoms. The normalized spacial score (nSPS) is 12.5. The Kier molecular flexibility index (Phi) is 10.6. The molecule has 0 bridgehead atoms. The molecular formula is C22H27NO8. The highest BCUT2D eigenvalue weighted by Crippen LogP contribution is 2.24. The van der Waals surface area contributed by atoms with Gasteiger partial charge in [-0.3, -0.25) is 0 Å². The van der Waals surface area contributed by atoms with E-state index in [4.69, 9.17) is 14.9 Å². The number of rotatable bonds is 9. The minimum Gasteiger partial charge on any atom is -0.508 e. The van der Waals surface area contributed by atoms with E-state index < -0.39 is 18.0 Å². The fourth-order valence-corrected chi connectivity index (χ4v) is 2.57. The molecule has 0 aliphatic carbocycles. The number of hydrogen-bond acceptors (Lipinski definition) is 7. The molecule has 9 heteroatoms. The minimum atomic E-state index is -1.26. The Labute approximate surface area is 179 Å². The standard InChI is InChI=1S/C18H23NO4.C4H4O4/c1-12(7-13-3-5-17(23-2)6-4-13)19-11-18(22)14-8-15(20)10-16(21)9-14;5-3(6)1-2-4(7)8/h3-6,8-10,12,18-22H,7,11H2,1-2H3;1-2H,(H,5,6)(H,7,8)/b;2-1+/t12-,18+;/m1./s1. The molecule has 2 atom stereocenters. The fraction of sp³-hybridized carbons (Fsp3) is 0.273. The van der Waals surface area contributed by atoms with E-state index in [1.807, 2.05) is 31.2 Å². The van der Waals surface area contributed by atoms with Crippen LogP contribution >= 0.6 is 0 Å². The van der Waals surface area contributed by atoms with Crippen molar-refractivity contribution < 1.29 is 39.9 Å². The molecule has 0 amide bonds. The molecular weight excluding hydrogens is 406 g/mol. The number of aliphatic hydroxyl groups excluding tert-OH is 1. The monoisotopic (exact) mass is 433 g/mol. The number of nitrogens with one attached hydrogen (secondary N) is 1. The molecule has 31 heavy (non-hydrogen) atoms. The molecule has 0 saturated heterocycles. The summed E-state index contributed by atoms with van der Waals surface area (Å²) in [6.07, 6.45) is 1.14. The van der Waals surface area contributed by atoms with Crippen LogP contribution in [0.1, 0.15) is 24.2 Å². The first-order chi connectivity index (χ1) is 14.6. The van der Waals surface area contributed by atoms with Crippen LogP contribution in [-0.2, 0) is 16.0 Å². The smallest absolute Gasteiger partial charge is 0.328 e. The van der Waals surface area contributed by atoms with Crippen molar-refractivity contribution in [3.8, 4) is 17.2 Å². The van der Waals surface area contributed by atoms with Crippen molar-refractivity contribution in [1.82, 2.24) is 5.32 Å². The average molecular weight is 433 g/mol. The van der Waals surface area contributed by atoms with Gasteiger partial charge in [-0.2, -0.15) is 0 Å². The number of aliphatic carboxylic acids is 2. The number of carboxylic acids is 2. The second kappa shape index (κ2) is 12.9. The summed E-state index contributed by atoms with van der Waals surface area (Å²) >= 11 is 0. The average Bonchev–Trinajstić information content (AvgIpc) is 2.71. The summed E-state index contributed by atoms with van der Waals surface area (Å²) in [5, 5.41) is 47.9. The maximum absolute atomic E-state index is 10.2. The highest BCUT2D eigenvalue weighted by atomic mass is 16.5. The van der Waals surface area contributed by atoms with Crippen molar-refractivity contribution in [3.05, 3.63) is 65.7 Å². The molecule has 2 rings (SSSR count). The van der Waals surface area contributed by atoms with Crippen LogP contribution in [0, 0.1) is 0 Å². The lowest BCUT2D eigenvalue weighted by Crippen LogP contribution is -2.32. The Morgan fingerprint density at radius 3 is 1.97 bits per heavy atom. The molecule has 0 aliphatic heterocycles. The number of benzene rings is 2. The molecule has 2 aromatic rings. The van der Waals surface area contributed by atoms with Gasteiger partial charge in [-0.05, 0) is 48.7 Å². The maximum atomic E-state index is 10.2. The van der Waals surface area contributed by atoms with Gasteiger partial charge in [0.25, 0.3) is 0 Å². The summed E-state index contributed by atoms with van der Waals surface area (Å²) < 4.78 is 5.13. The van der Waals surface area contributed by atoms with Gasteiger partial charge in [0, 0.05) is 30.8 Å². The lowest BCUT2D eigenvalue weighted by atomic mass is 10.1. The predicted octanol–water partition coefficient (Wildman–Crippen LogP) is 2.07. The molecule has 0 heterocycles. The van der Waals surface area contributed by atoms with Gasteiger partial charge >= 0.3 is 11.9 Å². The third kappa shape index (κ3) is 10.7. The minimum absolute atomic E-state index is 0.0645. The Hall–Kier alpha value is -3.56. The van der Waals surface area contributed by atoms with Crippen LogP contribution in [0.3, 0.4) is 0 Å². The first kappa shape index (κ1) is 25.5. The van der Waals surface area contributed by atoms with Crippen molar-refractivity contribution >= 4 is 11.9 Å². The van der Waals surface area contributed by atoms with Crippen molar-refractivity contribution in [2.75, 3.05) is 13.7 Å². The van der Waals surface area contributed by atoms with Crippen molar-refractivity contribution in [1.29, 1.82) is 0 Å². The van der Waals surface area contributed by atoms with Gasteiger partial charge in [-0.1, -0.05) is 12.1 Å². The molecule has 0 aromatic heterocycles. The number of methoxy groups -OCH3 is 1. The van der Waals surface area contributed by atoms with Crippen LogP contribution in [0.2, 0.25) is 0 Å². The number of hydrogen-bond donors (Lipinski definition) is 6. The zero-order valence-corrected chi connectivity index (χ0v) is 17.2. The summed E-state index contributed by atoms with van der Waals surface area (Å²) in [5.41, 5.74) is 1.65. The number of carbonyl (C=O) groups is 2. The van der Waals surface area contributed by atoms with Crippen LogP contribution in [0.15, 0.2) is 54.6 Å².